The monoisotopic (exact) mass is 269 g/mol. The Labute approximate surface area is 113 Å². The van der Waals surface area contributed by atoms with Crippen LogP contribution in [0.3, 0.4) is 0 Å². The molecule has 2 N–H and O–H groups in total. The number of hydrogen-bond acceptors (Lipinski definition) is 3. The van der Waals surface area contributed by atoms with Crippen LogP contribution in [-0.2, 0) is 14.3 Å². The third-order valence-electron chi connectivity index (χ3n) is 5.29. The fraction of sp³-hybridized carbons (Fsp3) is 0.857. The second-order valence-electron chi connectivity index (χ2n) is 5.81. The van der Waals surface area contributed by atoms with Crippen LogP contribution in [0.4, 0.5) is 0 Å². The van der Waals surface area contributed by atoms with Crippen molar-refractivity contribution in [3.05, 3.63) is 0 Å². The summed E-state index contributed by atoms with van der Waals surface area (Å²) < 4.78 is 5.48. The molecule has 2 aliphatic carbocycles. The summed E-state index contributed by atoms with van der Waals surface area (Å²) in [5.74, 6) is -1.31. The Balaban J connectivity index is 2.04. The van der Waals surface area contributed by atoms with Crippen LogP contribution in [0.1, 0.15) is 46.0 Å². The lowest BCUT2D eigenvalue weighted by atomic mass is 9.58. The van der Waals surface area contributed by atoms with Crippen molar-refractivity contribution in [2.45, 2.75) is 58.1 Å². The lowest BCUT2D eigenvalue weighted by Gasteiger charge is -2.55. The molecule has 0 spiro atoms. The van der Waals surface area contributed by atoms with Crippen molar-refractivity contribution >= 4 is 11.9 Å². The van der Waals surface area contributed by atoms with Gasteiger partial charge in [-0.15, -0.1) is 0 Å². The molecular weight excluding hydrogens is 246 g/mol. The molecule has 2 fully saturated rings. The van der Waals surface area contributed by atoms with Gasteiger partial charge in [-0.3, -0.25) is 9.59 Å². The summed E-state index contributed by atoms with van der Waals surface area (Å²) in [5, 5.41) is 12.1. The van der Waals surface area contributed by atoms with E-state index in [4.69, 9.17) is 9.84 Å². The molecule has 0 aromatic carbocycles. The molecule has 0 heterocycles. The van der Waals surface area contributed by atoms with E-state index in [1.807, 2.05) is 0 Å². The van der Waals surface area contributed by atoms with Gasteiger partial charge in [-0.1, -0.05) is 13.8 Å². The predicted molar refractivity (Wildman–Crippen MR) is 69.7 cm³/mol. The molecule has 0 bridgehead atoms. The van der Waals surface area contributed by atoms with Gasteiger partial charge in [0.25, 0.3) is 0 Å². The van der Waals surface area contributed by atoms with Crippen LogP contribution in [0.25, 0.3) is 0 Å². The fourth-order valence-corrected chi connectivity index (χ4v) is 3.44. The Morgan fingerprint density at radius 1 is 1.32 bits per heavy atom. The normalized spacial score (nSPS) is 30.3. The van der Waals surface area contributed by atoms with E-state index < -0.39 is 11.4 Å². The molecule has 2 saturated carbocycles. The van der Waals surface area contributed by atoms with E-state index in [1.54, 1.807) is 7.11 Å². The summed E-state index contributed by atoms with van der Waals surface area (Å²) in [5.41, 5.74) is -1.19. The number of amides is 1. The zero-order valence-corrected chi connectivity index (χ0v) is 11.9. The Bertz CT molecular complexity index is 385. The van der Waals surface area contributed by atoms with Crippen molar-refractivity contribution in [3.63, 3.8) is 0 Å². The van der Waals surface area contributed by atoms with Crippen LogP contribution < -0.4 is 5.32 Å². The van der Waals surface area contributed by atoms with Gasteiger partial charge >= 0.3 is 5.97 Å². The van der Waals surface area contributed by atoms with Crippen molar-refractivity contribution in [1.29, 1.82) is 0 Å². The van der Waals surface area contributed by atoms with Crippen LogP contribution >= 0.6 is 0 Å². The Morgan fingerprint density at radius 3 is 2.26 bits per heavy atom. The molecule has 2 unspecified atom stereocenters. The van der Waals surface area contributed by atoms with Gasteiger partial charge in [0.15, 0.2) is 0 Å². The van der Waals surface area contributed by atoms with Gasteiger partial charge < -0.3 is 15.2 Å². The van der Waals surface area contributed by atoms with Crippen LogP contribution in [-0.4, -0.2) is 36.2 Å². The number of aliphatic carboxylic acids is 1. The molecule has 108 valence electrons. The van der Waals surface area contributed by atoms with Crippen molar-refractivity contribution in [1.82, 2.24) is 5.32 Å². The summed E-state index contributed by atoms with van der Waals surface area (Å²) in [4.78, 5) is 23.3. The second kappa shape index (κ2) is 4.78. The third-order valence-corrected chi connectivity index (χ3v) is 5.29. The highest BCUT2D eigenvalue weighted by Gasteiger charge is 2.60. The maximum Gasteiger partial charge on any atom is 0.319 e. The van der Waals surface area contributed by atoms with E-state index in [1.165, 1.54) is 0 Å². The minimum atomic E-state index is -1.15. The number of carbonyl (C=O) groups excluding carboxylic acids is 1. The smallest absolute Gasteiger partial charge is 0.319 e. The van der Waals surface area contributed by atoms with Gasteiger partial charge in [0.05, 0.1) is 6.10 Å². The van der Waals surface area contributed by atoms with Crippen molar-refractivity contribution in [3.8, 4) is 0 Å². The van der Waals surface area contributed by atoms with Gasteiger partial charge in [-0.2, -0.15) is 0 Å². The Kier molecular flexibility index (Phi) is 3.60. The average Bonchev–Trinajstić information content (AvgIpc) is 3.16. The van der Waals surface area contributed by atoms with Crippen molar-refractivity contribution < 1.29 is 19.4 Å². The molecule has 2 aliphatic rings. The molecule has 2 rings (SSSR count). The first-order valence-corrected chi connectivity index (χ1v) is 7.04. The quantitative estimate of drug-likeness (QED) is 0.718. The molecule has 19 heavy (non-hydrogen) atoms. The van der Waals surface area contributed by atoms with E-state index in [0.717, 1.165) is 19.3 Å². The number of rotatable bonds is 6. The maximum absolute atomic E-state index is 12.2. The number of methoxy groups -OCH3 is 1. The van der Waals surface area contributed by atoms with E-state index in [2.05, 4.69) is 19.2 Å². The summed E-state index contributed by atoms with van der Waals surface area (Å²) in [6, 6.07) is 0.0387. The molecule has 2 atom stereocenters. The lowest BCUT2D eigenvalue weighted by Crippen LogP contribution is -2.65. The SMILES string of the molecule is CCC1(CC)C(NC(=O)C2(C(=O)O)CC2)CC1OC. The highest BCUT2D eigenvalue weighted by Crippen LogP contribution is 2.51. The summed E-state index contributed by atoms with van der Waals surface area (Å²) in [6.45, 7) is 4.19. The maximum atomic E-state index is 12.2. The number of nitrogens with one attached hydrogen (secondary N) is 1. The Hall–Kier alpha value is -1.10. The molecule has 5 heteroatoms. The molecule has 0 saturated heterocycles. The van der Waals surface area contributed by atoms with E-state index in [-0.39, 0.29) is 23.5 Å². The summed E-state index contributed by atoms with van der Waals surface area (Å²) >= 11 is 0. The fourth-order valence-electron chi connectivity index (χ4n) is 3.44. The third kappa shape index (κ3) is 1.95. The van der Waals surface area contributed by atoms with E-state index in [0.29, 0.717) is 12.8 Å². The highest BCUT2D eigenvalue weighted by atomic mass is 16.5. The standard InChI is InChI=1S/C14H23NO4/c1-4-13(5-2)9(8-10(13)19-3)15-11(16)14(6-7-14)12(17)18/h9-10H,4-8H2,1-3H3,(H,15,16)(H,17,18). The van der Waals surface area contributed by atoms with E-state index >= 15 is 0 Å². The minimum Gasteiger partial charge on any atom is -0.480 e. The van der Waals surface area contributed by atoms with Gasteiger partial charge in [0.2, 0.25) is 5.91 Å². The molecule has 0 radical (unpaired) electrons. The van der Waals surface area contributed by atoms with Gasteiger partial charge in [-0.25, -0.2) is 0 Å². The van der Waals surface area contributed by atoms with Crippen LogP contribution in [0.15, 0.2) is 0 Å². The molecule has 1 amide bonds. The number of carbonyl (C=O) groups is 2. The predicted octanol–water partition coefficient (Wildman–Crippen LogP) is 1.56. The lowest BCUT2D eigenvalue weighted by molar-refractivity contribution is -0.155. The van der Waals surface area contributed by atoms with Crippen LogP contribution in [0.2, 0.25) is 0 Å². The number of ether oxygens (including phenoxy) is 1. The zero-order valence-electron chi connectivity index (χ0n) is 11.9. The largest absolute Gasteiger partial charge is 0.480 e. The zero-order chi connectivity index (χ0) is 14.3. The first kappa shape index (κ1) is 14.3. The number of carboxylic acid groups (broad SMARTS) is 1. The molecular formula is C14H23NO4. The van der Waals surface area contributed by atoms with Crippen LogP contribution in [0, 0.1) is 10.8 Å². The first-order valence-electron chi connectivity index (χ1n) is 7.04. The summed E-state index contributed by atoms with van der Waals surface area (Å²) in [6.07, 6.45) is 3.70. The van der Waals surface area contributed by atoms with Crippen LogP contribution in [0.5, 0.6) is 0 Å². The number of hydrogen-bond donors (Lipinski definition) is 2. The van der Waals surface area contributed by atoms with Crippen molar-refractivity contribution in [2.24, 2.45) is 10.8 Å². The van der Waals surface area contributed by atoms with Crippen molar-refractivity contribution in [2.75, 3.05) is 7.11 Å². The molecule has 0 aliphatic heterocycles. The van der Waals surface area contributed by atoms with Gasteiger partial charge in [0.1, 0.15) is 5.41 Å². The average molecular weight is 269 g/mol. The Morgan fingerprint density at radius 2 is 1.89 bits per heavy atom. The number of carboxylic acids is 1. The molecule has 0 aromatic rings. The molecule has 0 aromatic heterocycles. The minimum absolute atomic E-state index is 0.0387. The molecule has 5 nitrogen and oxygen atoms in total. The topological polar surface area (TPSA) is 75.6 Å². The van der Waals surface area contributed by atoms with E-state index in [9.17, 15) is 9.59 Å². The first-order chi connectivity index (χ1) is 8.96. The van der Waals surface area contributed by atoms with Gasteiger partial charge in [0, 0.05) is 18.6 Å². The van der Waals surface area contributed by atoms with Gasteiger partial charge in [-0.05, 0) is 32.1 Å². The summed E-state index contributed by atoms with van der Waals surface area (Å²) in [7, 11) is 1.70. The highest BCUT2D eigenvalue weighted by molar-refractivity contribution is 6.05. The second-order valence-corrected chi connectivity index (χ2v) is 5.81.